The second kappa shape index (κ2) is 10.1. The molecule has 0 saturated carbocycles. The SMILES string of the molecule is O=C(Nc1nc(-c2ccc(OC(F)(F)F)cc2)nc2c1cnn2-c1ccc(C(F)(F)F)cn1)c1ccc([N+](=O)[O-])s1. The van der Waals surface area contributed by atoms with Crippen LogP contribution in [0.3, 0.4) is 0 Å². The molecule has 18 heteroatoms. The Morgan fingerprint density at radius 3 is 2.29 bits per heavy atom. The molecule has 210 valence electrons. The molecule has 0 unspecified atom stereocenters. The topological polar surface area (TPSA) is 138 Å². The highest BCUT2D eigenvalue weighted by molar-refractivity contribution is 7.17. The van der Waals surface area contributed by atoms with Crippen LogP contribution in [-0.2, 0) is 6.18 Å². The van der Waals surface area contributed by atoms with Gasteiger partial charge in [-0.15, -0.1) is 13.2 Å². The number of carbonyl (C=O) groups excluding carboxylic acids is 1. The Bertz CT molecular complexity index is 1770. The minimum absolute atomic E-state index is 0.0228. The van der Waals surface area contributed by atoms with Crippen molar-refractivity contribution in [2.45, 2.75) is 12.5 Å². The summed E-state index contributed by atoms with van der Waals surface area (Å²) in [5, 5.41) is 17.4. The van der Waals surface area contributed by atoms with Crippen LogP contribution in [0.15, 0.2) is 60.9 Å². The third-order valence-electron chi connectivity index (χ3n) is 5.29. The van der Waals surface area contributed by atoms with E-state index in [-0.39, 0.29) is 43.9 Å². The molecule has 1 N–H and O–H groups in total. The quantitative estimate of drug-likeness (QED) is 0.143. The second-order valence-corrected chi connectivity index (χ2v) is 9.08. The van der Waals surface area contributed by atoms with Crippen molar-refractivity contribution in [3.8, 4) is 23.0 Å². The van der Waals surface area contributed by atoms with Gasteiger partial charge in [0.05, 0.1) is 26.9 Å². The van der Waals surface area contributed by atoms with Gasteiger partial charge in [0.25, 0.3) is 5.91 Å². The van der Waals surface area contributed by atoms with Gasteiger partial charge in [-0.3, -0.25) is 14.9 Å². The molecule has 4 aromatic heterocycles. The molecule has 41 heavy (non-hydrogen) atoms. The van der Waals surface area contributed by atoms with Gasteiger partial charge in [-0.05, 0) is 42.5 Å². The molecule has 4 heterocycles. The number of pyridine rings is 1. The zero-order valence-electron chi connectivity index (χ0n) is 19.8. The third-order valence-corrected chi connectivity index (χ3v) is 6.33. The fourth-order valence-corrected chi connectivity index (χ4v) is 4.22. The number of carbonyl (C=O) groups is 1. The number of thiophene rings is 1. The van der Waals surface area contributed by atoms with Crippen molar-refractivity contribution in [1.29, 1.82) is 0 Å². The zero-order valence-corrected chi connectivity index (χ0v) is 20.6. The molecule has 0 radical (unpaired) electrons. The van der Waals surface area contributed by atoms with Crippen molar-refractivity contribution in [2.24, 2.45) is 0 Å². The van der Waals surface area contributed by atoms with E-state index in [1.165, 1.54) is 24.4 Å². The van der Waals surface area contributed by atoms with Gasteiger partial charge in [0.15, 0.2) is 17.3 Å². The van der Waals surface area contributed by atoms with Gasteiger partial charge in [0, 0.05) is 17.8 Å². The Morgan fingerprint density at radius 2 is 1.71 bits per heavy atom. The van der Waals surface area contributed by atoms with Gasteiger partial charge < -0.3 is 10.1 Å². The summed E-state index contributed by atoms with van der Waals surface area (Å²) in [6.45, 7) is 0. The molecule has 1 aromatic carbocycles. The largest absolute Gasteiger partial charge is 0.573 e. The molecule has 0 aliphatic heterocycles. The van der Waals surface area contributed by atoms with E-state index in [4.69, 9.17) is 0 Å². The first-order chi connectivity index (χ1) is 19.3. The fraction of sp³-hybridized carbons (Fsp3) is 0.0870. The monoisotopic (exact) mass is 595 g/mol. The molecule has 0 saturated heterocycles. The van der Waals surface area contributed by atoms with Crippen LogP contribution in [0.4, 0.5) is 37.2 Å². The second-order valence-electron chi connectivity index (χ2n) is 8.01. The van der Waals surface area contributed by atoms with E-state index < -0.39 is 34.7 Å². The number of hydrogen-bond donors (Lipinski definition) is 1. The molecule has 0 bridgehead atoms. The Hall–Kier alpha value is -5.13. The fourth-order valence-electron chi connectivity index (χ4n) is 3.50. The van der Waals surface area contributed by atoms with E-state index in [1.807, 2.05) is 0 Å². The van der Waals surface area contributed by atoms with Crippen LogP contribution in [0.5, 0.6) is 5.75 Å². The lowest BCUT2D eigenvalue weighted by Crippen LogP contribution is -2.17. The summed E-state index contributed by atoms with van der Waals surface area (Å²) >= 11 is 0.603. The number of nitrogens with one attached hydrogen (secondary N) is 1. The number of nitro groups is 1. The van der Waals surface area contributed by atoms with Crippen molar-refractivity contribution in [2.75, 3.05) is 5.32 Å². The van der Waals surface area contributed by atoms with Gasteiger partial charge >= 0.3 is 17.5 Å². The number of benzene rings is 1. The van der Waals surface area contributed by atoms with E-state index >= 15 is 0 Å². The number of alkyl halides is 6. The smallest absolute Gasteiger partial charge is 0.406 e. The van der Waals surface area contributed by atoms with E-state index in [0.29, 0.717) is 17.5 Å². The summed E-state index contributed by atoms with van der Waals surface area (Å²) in [4.78, 5) is 35.6. The zero-order chi connectivity index (χ0) is 29.5. The lowest BCUT2D eigenvalue weighted by molar-refractivity contribution is -0.380. The Labute approximate surface area is 227 Å². The van der Waals surface area contributed by atoms with Crippen molar-refractivity contribution in [1.82, 2.24) is 24.7 Å². The van der Waals surface area contributed by atoms with E-state index in [9.17, 15) is 41.3 Å². The van der Waals surface area contributed by atoms with E-state index in [0.717, 1.165) is 35.0 Å². The normalized spacial score (nSPS) is 12.0. The molecule has 0 aliphatic rings. The highest BCUT2D eigenvalue weighted by Gasteiger charge is 2.32. The predicted octanol–water partition coefficient (Wildman–Crippen LogP) is 6.02. The summed E-state index contributed by atoms with van der Waals surface area (Å²) in [5.74, 6) is -1.62. The summed E-state index contributed by atoms with van der Waals surface area (Å²) < 4.78 is 81.6. The maximum atomic E-state index is 13.0. The van der Waals surface area contributed by atoms with Gasteiger partial charge in [-0.2, -0.15) is 23.0 Å². The van der Waals surface area contributed by atoms with Crippen LogP contribution in [-0.4, -0.2) is 41.9 Å². The van der Waals surface area contributed by atoms with Crippen molar-refractivity contribution in [3.63, 3.8) is 0 Å². The molecule has 0 aliphatic carbocycles. The van der Waals surface area contributed by atoms with Gasteiger partial charge in [-0.1, -0.05) is 11.3 Å². The number of aromatic nitrogens is 5. The maximum absolute atomic E-state index is 13.0. The van der Waals surface area contributed by atoms with E-state index in [1.54, 1.807) is 0 Å². The average Bonchev–Trinajstić information content (AvgIpc) is 3.56. The number of fused-ring (bicyclic) bond motifs is 1. The molecule has 0 spiro atoms. The maximum Gasteiger partial charge on any atom is 0.573 e. The van der Waals surface area contributed by atoms with Gasteiger partial charge in [0.1, 0.15) is 11.6 Å². The molecule has 0 atom stereocenters. The lowest BCUT2D eigenvalue weighted by atomic mass is 10.2. The Balaban J connectivity index is 1.59. The first kappa shape index (κ1) is 27.4. The minimum atomic E-state index is -4.92. The van der Waals surface area contributed by atoms with Gasteiger partial charge in [0.2, 0.25) is 0 Å². The number of amides is 1. The van der Waals surface area contributed by atoms with Crippen molar-refractivity contribution in [3.05, 3.63) is 81.5 Å². The molecule has 11 nitrogen and oxygen atoms in total. The van der Waals surface area contributed by atoms with Crippen molar-refractivity contribution >= 4 is 39.1 Å². The average molecular weight is 595 g/mol. The first-order valence-corrected chi connectivity index (χ1v) is 11.8. The summed E-state index contributed by atoms with van der Waals surface area (Å²) in [5.41, 5.74) is -0.852. The lowest BCUT2D eigenvalue weighted by Gasteiger charge is -2.11. The Morgan fingerprint density at radius 1 is 0.976 bits per heavy atom. The van der Waals surface area contributed by atoms with Crippen LogP contribution in [0.2, 0.25) is 0 Å². The molecule has 5 rings (SSSR count). The molecule has 0 fully saturated rings. The van der Waals surface area contributed by atoms with Crippen LogP contribution in [0, 0.1) is 10.1 Å². The summed E-state index contributed by atoms with van der Waals surface area (Å²) in [6.07, 6.45) is -7.75. The molecular formula is C23H11F6N7O4S. The Kier molecular flexibility index (Phi) is 6.77. The van der Waals surface area contributed by atoms with Crippen LogP contribution in [0.1, 0.15) is 15.2 Å². The number of hydrogen-bond acceptors (Lipinski definition) is 9. The van der Waals surface area contributed by atoms with Crippen LogP contribution < -0.4 is 10.1 Å². The number of nitrogens with zero attached hydrogens (tertiary/aromatic N) is 6. The van der Waals surface area contributed by atoms with Gasteiger partial charge in [-0.25, -0.2) is 15.0 Å². The predicted molar refractivity (Wildman–Crippen MR) is 131 cm³/mol. The highest BCUT2D eigenvalue weighted by Crippen LogP contribution is 2.32. The number of halogens is 6. The number of anilines is 1. The standard InChI is InChI=1S/C23H11F6N7O4S/c24-22(25,26)12-3-7-16(30-9-12)35-20-14(10-31-35)19(34-21(37)15-6-8-17(41-15)36(38)39)32-18(33-20)11-1-4-13(5-2-11)40-23(27,28)29/h1-10H,(H,32,33,34,37). The number of ether oxygens (including phenoxy) is 1. The first-order valence-electron chi connectivity index (χ1n) is 11.0. The summed E-state index contributed by atoms with van der Waals surface area (Å²) in [6, 6.07) is 8.64. The minimum Gasteiger partial charge on any atom is -0.406 e. The molecular weight excluding hydrogens is 584 g/mol. The number of rotatable bonds is 6. The van der Waals surface area contributed by atoms with E-state index in [2.05, 4.69) is 30.1 Å². The highest BCUT2D eigenvalue weighted by atomic mass is 32.1. The third kappa shape index (κ3) is 5.91. The van der Waals surface area contributed by atoms with Crippen LogP contribution >= 0.6 is 11.3 Å². The summed E-state index contributed by atoms with van der Waals surface area (Å²) in [7, 11) is 0. The van der Waals surface area contributed by atoms with Crippen molar-refractivity contribution < 1.29 is 40.8 Å². The van der Waals surface area contributed by atoms with Crippen LogP contribution in [0.25, 0.3) is 28.2 Å². The molecule has 1 amide bonds. The molecule has 5 aromatic rings.